The number of benzene rings is 1. The van der Waals surface area contributed by atoms with Crippen LogP contribution in [0.15, 0.2) is 41.3 Å². The SMILES string of the molecule is CCCOc1cccn(CC(=O)c2ccc3c(c2)N(C)C(=O)CO3)c1=O. The zero-order valence-corrected chi connectivity index (χ0v) is 14.7. The normalized spacial score (nSPS) is 13.2. The van der Waals surface area contributed by atoms with Crippen molar-refractivity contribution in [2.75, 3.05) is 25.2 Å². The van der Waals surface area contributed by atoms with Gasteiger partial charge in [-0.05, 0) is 36.8 Å². The molecule has 0 radical (unpaired) electrons. The molecule has 7 heteroatoms. The van der Waals surface area contributed by atoms with Crippen LogP contribution in [0.2, 0.25) is 0 Å². The molecular formula is C19H20N2O5. The van der Waals surface area contributed by atoms with Gasteiger partial charge in [0.2, 0.25) is 0 Å². The molecule has 26 heavy (non-hydrogen) atoms. The van der Waals surface area contributed by atoms with Crippen molar-refractivity contribution in [1.82, 2.24) is 4.57 Å². The zero-order valence-electron chi connectivity index (χ0n) is 14.7. The van der Waals surface area contributed by atoms with E-state index in [2.05, 4.69) is 0 Å². The number of fused-ring (bicyclic) bond motifs is 1. The Bertz CT molecular complexity index is 903. The summed E-state index contributed by atoms with van der Waals surface area (Å²) in [4.78, 5) is 38.2. The summed E-state index contributed by atoms with van der Waals surface area (Å²) in [6.45, 7) is 2.27. The lowest BCUT2D eigenvalue weighted by molar-refractivity contribution is -0.120. The maximum absolute atomic E-state index is 12.6. The fourth-order valence-electron chi connectivity index (χ4n) is 2.65. The topological polar surface area (TPSA) is 77.8 Å². The van der Waals surface area contributed by atoms with Crippen LogP contribution in [0.4, 0.5) is 5.69 Å². The Labute approximate surface area is 150 Å². The van der Waals surface area contributed by atoms with Crippen LogP contribution in [0.5, 0.6) is 11.5 Å². The van der Waals surface area contributed by atoms with Crippen LogP contribution in [-0.2, 0) is 11.3 Å². The molecule has 7 nitrogen and oxygen atoms in total. The van der Waals surface area contributed by atoms with Gasteiger partial charge in [-0.25, -0.2) is 0 Å². The smallest absolute Gasteiger partial charge is 0.293 e. The summed E-state index contributed by atoms with van der Waals surface area (Å²) in [6, 6.07) is 8.17. The molecule has 0 fully saturated rings. The lowest BCUT2D eigenvalue weighted by Crippen LogP contribution is -2.35. The second kappa shape index (κ2) is 7.43. The quantitative estimate of drug-likeness (QED) is 0.739. The van der Waals surface area contributed by atoms with Gasteiger partial charge in [-0.3, -0.25) is 14.4 Å². The van der Waals surface area contributed by atoms with E-state index in [0.717, 1.165) is 6.42 Å². The fraction of sp³-hybridized carbons (Fsp3) is 0.316. The molecule has 1 aliphatic rings. The number of amides is 1. The minimum absolute atomic E-state index is 0.0171. The summed E-state index contributed by atoms with van der Waals surface area (Å²) in [6.07, 6.45) is 2.34. The molecule has 1 aromatic carbocycles. The first-order chi connectivity index (χ1) is 12.5. The molecule has 0 saturated carbocycles. The highest BCUT2D eigenvalue weighted by molar-refractivity contribution is 6.01. The van der Waals surface area contributed by atoms with E-state index in [-0.39, 0.29) is 36.2 Å². The molecule has 2 heterocycles. The van der Waals surface area contributed by atoms with Crippen molar-refractivity contribution >= 4 is 17.4 Å². The van der Waals surface area contributed by atoms with E-state index in [4.69, 9.17) is 9.47 Å². The molecule has 2 aromatic rings. The minimum Gasteiger partial charge on any atom is -0.488 e. The number of carbonyl (C=O) groups excluding carboxylic acids is 2. The number of aromatic nitrogens is 1. The van der Waals surface area contributed by atoms with Gasteiger partial charge in [0.05, 0.1) is 18.8 Å². The molecule has 0 saturated heterocycles. The largest absolute Gasteiger partial charge is 0.488 e. The van der Waals surface area contributed by atoms with E-state index in [1.807, 2.05) is 6.92 Å². The number of pyridine rings is 1. The van der Waals surface area contributed by atoms with Crippen LogP contribution in [0, 0.1) is 0 Å². The Hall–Kier alpha value is -3.09. The number of Topliss-reactive ketones (excluding diaryl/α,β-unsaturated/α-hetero) is 1. The van der Waals surface area contributed by atoms with E-state index in [1.54, 1.807) is 43.6 Å². The number of hydrogen-bond acceptors (Lipinski definition) is 5. The van der Waals surface area contributed by atoms with Gasteiger partial charge in [-0.2, -0.15) is 0 Å². The van der Waals surface area contributed by atoms with E-state index >= 15 is 0 Å². The Kier molecular flexibility index (Phi) is 5.06. The number of ketones is 1. The molecule has 1 aliphatic heterocycles. The number of carbonyl (C=O) groups is 2. The predicted octanol–water partition coefficient (Wildman–Crippen LogP) is 1.88. The fourth-order valence-corrected chi connectivity index (χ4v) is 2.65. The molecule has 1 aromatic heterocycles. The highest BCUT2D eigenvalue weighted by atomic mass is 16.5. The van der Waals surface area contributed by atoms with Crippen LogP contribution >= 0.6 is 0 Å². The van der Waals surface area contributed by atoms with Gasteiger partial charge >= 0.3 is 0 Å². The lowest BCUT2D eigenvalue weighted by atomic mass is 10.1. The molecule has 1 amide bonds. The Balaban J connectivity index is 1.83. The van der Waals surface area contributed by atoms with Crippen molar-refractivity contribution in [2.45, 2.75) is 19.9 Å². The number of hydrogen-bond donors (Lipinski definition) is 0. The van der Waals surface area contributed by atoms with E-state index in [1.165, 1.54) is 9.47 Å². The summed E-state index contributed by atoms with van der Waals surface area (Å²) < 4.78 is 12.1. The summed E-state index contributed by atoms with van der Waals surface area (Å²) in [5.41, 5.74) is 0.600. The van der Waals surface area contributed by atoms with Crippen molar-refractivity contribution < 1.29 is 19.1 Å². The standard InChI is InChI=1S/C19H20N2O5/c1-3-9-25-17-5-4-8-21(19(17)24)11-15(22)13-6-7-16-14(10-13)20(2)18(23)12-26-16/h4-8,10H,3,9,11-12H2,1-2H3. The highest BCUT2D eigenvalue weighted by Gasteiger charge is 2.23. The van der Waals surface area contributed by atoms with Gasteiger partial charge in [0.1, 0.15) is 5.75 Å². The third-order valence-corrected chi connectivity index (χ3v) is 4.13. The average molecular weight is 356 g/mol. The number of rotatable bonds is 6. The summed E-state index contributed by atoms with van der Waals surface area (Å²) in [5.74, 6) is 0.357. The second-order valence-corrected chi connectivity index (χ2v) is 6.00. The van der Waals surface area contributed by atoms with E-state index < -0.39 is 0 Å². The van der Waals surface area contributed by atoms with Crippen molar-refractivity contribution in [3.8, 4) is 11.5 Å². The lowest BCUT2D eigenvalue weighted by Gasteiger charge is -2.26. The van der Waals surface area contributed by atoms with Crippen molar-refractivity contribution in [3.63, 3.8) is 0 Å². The third kappa shape index (κ3) is 3.46. The van der Waals surface area contributed by atoms with Crippen molar-refractivity contribution in [3.05, 3.63) is 52.4 Å². The number of anilines is 1. The molecule has 136 valence electrons. The Morgan fingerprint density at radius 2 is 2.08 bits per heavy atom. The molecular weight excluding hydrogens is 336 g/mol. The summed E-state index contributed by atoms with van der Waals surface area (Å²) in [5, 5.41) is 0. The minimum atomic E-state index is -0.345. The van der Waals surface area contributed by atoms with E-state index in [0.29, 0.717) is 23.6 Å². The number of nitrogens with zero attached hydrogens (tertiary/aromatic N) is 2. The van der Waals surface area contributed by atoms with Gasteiger partial charge in [-0.1, -0.05) is 6.92 Å². The van der Waals surface area contributed by atoms with Gasteiger partial charge in [0, 0.05) is 18.8 Å². The Morgan fingerprint density at radius 3 is 2.85 bits per heavy atom. The van der Waals surface area contributed by atoms with Gasteiger partial charge < -0.3 is 18.9 Å². The van der Waals surface area contributed by atoms with Crippen LogP contribution in [-0.4, -0.2) is 36.5 Å². The molecule has 3 rings (SSSR count). The molecule has 0 spiro atoms. The summed E-state index contributed by atoms with van der Waals surface area (Å²) in [7, 11) is 1.64. The first-order valence-corrected chi connectivity index (χ1v) is 8.40. The third-order valence-electron chi connectivity index (χ3n) is 4.13. The molecule has 0 atom stereocenters. The Morgan fingerprint density at radius 1 is 1.27 bits per heavy atom. The second-order valence-electron chi connectivity index (χ2n) is 6.00. The first-order valence-electron chi connectivity index (χ1n) is 8.40. The van der Waals surface area contributed by atoms with Crippen molar-refractivity contribution in [1.29, 1.82) is 0 Å². The first kappa shape index (κ1) is 17.7. The van der Waals surface area contributed by atoms with Gasteiger partial charge in [0.25, 0.3) is 11.5 Å². The molecule has 0 bridgehead atoms. The number of likely N-dealkylation sites (N-methyl/N-ethyl adjacent to an activating group) is 1. The average Bonchev–Trinajstić information content (AvgIpc) is 2.65. The predicted molar refractivity (Wildman–Crippen MR) is 96.2 cm³/mol. The van der Waals surface area contributed by atoms with Crippen LogP contribution in [0.3, 0.4) is 0 Å². The van der Waals surface area contributed by atoms with Gasteiger partial charge in [-0.15, -0.1) is 0 Å². The number of ether oxygens (including phenoxy) is 2. The van der Waals surface area contributed by atoms with Gasteiger partial charge in [0.15, 0.2) is 18.1 Å². The molecule has 0 aliphatic carbocycles. The summed E-state index contributed by atoms with van der Waals surface area (Å²) >= 11 is 0. The maximum Gasteiger partial charge on any atom is 0.293 e. The maximum atomic E-state index is 12.6. The van der Waals surface area contributed by atoms with Crippen molar-refractivity contribution in [2.24, 2.45) is 0 Å². The van der Waals surface area contributed by atoms with Crippen LogP contribution in [0.1, 0.15) is 23.7 Å². The molecule has 0 N–H and O–H groups in total. The van der Waals surface area contributed by atoms with Crippen LogP contribution < -0.4 is 19.9 Å². The van der Waals surface area contributed by atoms with E-state index in [9.17, 15) is 14.4 Å². The zero-order chi connectivity index (χ0) is 18.7. The molecule has 0 unspecified atom stereocenters. The van der Waals surface area contributed by atoms with Crippen LogP contribution in [0.25, 0.3) is 0 Å². The monoisotopic (exact) mass is 356 g/mol. The highest BCUT2D eigenvalue weighted by Crippen LogP contribution is 2.32.